The van der Waals surface area contributed by atoms with E-state index < -0.39 is 10.0 Å². The van der Waals surface area contributed by atoms with Gasteiger partial charge in [-0.25, -0.2) is 8.42 Å². The van der Waals surface area contributed by atoms with Gasteiger partial charge < -0.3 is 15.0 Å². The number of rotatable bonds is 9. The van der Waals surface area contributed by atoms with E-state index in [1.54, 1.807) is 12.1 Å². The number of sulfonamides is 1. The Kier molecular flexibility index (Phi) is 6.99. The molecule has 162 valence electrons. The summed E-state index contributed by atoms with van der Waals surface area (Å²) in [6, 6.07) is 14.9. The van der Waals surface area contributed by atoms with Crippen molar-refractivity contribution in [2.24, 2.45) is 0 Å². The van der Waals surface area contributed by atoms with Crippen molar-refractivity contribution in [3.63, 3.8) is 0 Å². The molecule has 0 saturated heterocycles. The quantitative estimate of drug-likeness (QED) is 0.616. The molecule has 7 nitrogen and oxygen atoms in total. The molecule has 1 aliphatic rings. The van der Waals surface area contributed by atoms with Crippen LogP contribution in [0.15, 0.2) is 53.4 Å². The van der Waals surface area contributed by atoms with Crippen molar-refractivity contribution in [1.82, 2.24) is 9.62 Å². The van der Waals surface area contributed by atoms with Crippen molar-refractivity contribution in [3.05, 3.63) is 54.1 Å². The fourth-order valence-electron chi connectivity index (χ4n) is 3.72. The Morgan fingerprint density at radius 2 is 1.90 bits per heavy atom. The number of benzene rings is 2. The molecule has 1 N–H and O–H groups in total. The Balaban J connectivity index is 1.46. The van der Waals surface area contributed by atoms with E-state index in [1.165, 1.54) is 37.5 Å². The smallest absolute Gasteiger partial charge is 0.243 e. The summed E-state index contributed by atoms with van der Waals surface area (Å²) < 4.78 is 31.4. The predicted molar refractivity (Wildman–Crippen MR) is 117 cm³/mol. The zero-order valence-electron chi connectivity index (χ0n) is 17.7. The number of ether oxygens (including phenoxy) is 1. The van der Waals surface area contributed by atoms with Gasteiger partial charge in [0.05, 0.1) is 18.6 Å². The third-order valence-corrected chi connectivity index (χ3v) is 7.20. The highest BCUT2D eigenvalue weighted by atomic mass is 32.2. The number of methoxy groups -OCH3 is 1. The number of fused-ring (bicyclic) bond motifs is 1. The molecule has 0 spiro atoms. The second-order valence-corrected chi connectivity index (χ2v) is 9.56. The fourth-order valence-corrected chi connectivity index (χ4v) is 4.85. The van der Waals surface area contributed by atoms with Gasteiger partial charge in [-0.2, -0.15) is 4.31 Å². The molecule has 1 aliphatic heterocycles. The van der Waals surface area contributed by atoms with Gasteiger partial charge in [0.1, 0.15) is 5.75 Å². The van der Waals surface area contributed by atoms with Gasteiger partial charge in [-0.1, -0.05) is 18.2 Å². The molecule has 1 amide bonds. The third kappa shape index (κ3) is 4.94. The van der Waals surface area contributed by atoms with Gasteiger partial charge in [0.25, 0.3) is 0 Å². The van der Waals surface area contributed by atoms with Crippen molar-refractivity contribution in [2.45, 2.75) is 30.7 Å². The molecule has 0 unspecified atom stereocenters. The highest BCUT2D eigenvalue weighted by molar-refractivity contribution is 7.89. The van der Waals surface area contributed by atoms with Gasteiger partial charge >= 0.3 is 0 Å². The van der Waals surface area contributed by atoms with Gasteiger partial charge in [-0.15, -0.1) is 0 Å². The zero-order chi connectivity index (χ0) is 21.7. The number of amides is 1. The molecule has 2 aromatic carbocycles. The van der Waals surface area contributed by atoms with Crippen molar-refractivity contribution in [1.29, 1.82) is 0 Å². The van der Waals surface area contributed by atoms with E-state index in [4.69, 9.17) is 4.74 Å². The lowest BCUT2D eigenvalue weighted by Crippen LogP contribution is -2.39. The molecule has 3 rings (SSSR count). The minimum atomic E-state index is -3.73. The first-order valence-corrected chi connectivity index (χ1v) is 11.5. The summed E-state index contributed by atoms with van der Waals surface area (Å²) in [5.41, 5.74) is 2.63. The first-order valence-electron chi connectivity index (χ1n) is 10.0. The van der Waals surface area contributed by atoms with Crippen LogP contribution in [0.3, 0.4) is 0 Å². The summed E-state index contributed by atoms with van der Waals surface area (Å²) in [5, 5.41) is 2.83. The number of likely N-dealkylation sites (N-methyl/N-ethyl adjacent to an activating group) is 1. The van der Waals surface area contributed by atoms with Crippen LogP contribution >= 0.6 is 0 Å². The number of para-hydroxylation sites is 1. The molecule has 2 aromatic rings. The topological polar surface area (TPSA) is 79.0 Å². The first-order chi connectivity index (χ1) is 14.3. The number of carbonyl (C=O) groups is 1. The lowest BCUT2D eigenvalue weighted by Gasteiger charge is -2.25. The maximum atomic E-state index is 12.6. The highest BCUT2D eigenvalue weighted by Gasteiger charge is 2.25. The van der Waals surface area contributed by atoms with Gasteiger partial charge in [-0.3, -0.25) is 4.79 Å². The fraction of sp³-hybridized carbons (Fsp3) is 0.409. The van der Waals surface area contributed by atoms with E-state index in [1.807, 2.05) is 6.07 Å². The predicted octanol–water partition coefficient (Wildman–Crippen LogP) is 2.27. The normalized spacial score (nSPS) is 15.9. The van der Waals surface area contributed by atoms with Crippen LogP contribution in [0.2, 0.25) is 0 Å². The van der Waals surface area contributed by atoms with E-state index in [2.05, 4.69) is 35.3 Å². The van der Waals surface area contributed by atoms with Crippen LogP contribution in [-0.2, 0) is 21.2 Å². The molecular weight excluding hydrogens is 402 g/mol. The van der Waals surface area contributed by atoms with Gasteiger partial charge in [0.2, 0.25) is 15.9 Å². The van der Waals surface area contributed by atoms with E-state index in [-0.39, 0.29) is 17.3 Å². The summed E-state index contributed by atoms with van der Waals surface area (Å²) in [6.07, 6.45) is 1.83. The van der Waals surface area contributed by atoms with Gasteiger partial charge in [-0.05, 0) is 55.7 Å². The first kappa shape index (κ1) is 22.1. The molecule has 0 fully saturated rings. The Labute approximate surface area is 178 Å². The number of carbonyl (C=O) groups excluding carboxylic acids is 1. The van der Waals surface area contributed by atoms with E-state index >= 15 is 0 Å². The Hall–Kier alpha value is -2.58. The number of nitrogens with zero attached hydrogens (tertiary/aromatic N) is 2. The molecule has 1 atom stereocenters. The van der Waals surface area contributed by atoms with Crippen molar-refractivity contribution in [2.75, 3.05) is 38.7 Å². The van der Waals surface area contributed by atoms with Crippen LogP contribution in [0.25, 0.3) is 0 Å². The molecule has 8 heteroatoms. The van der Waals surface area contributed by atoms with Crippen LogP contribution < -0.4 is 15.0 Å². The summed E-state index contributed by atoms with van der Waals surface area (Å²) in [5.74, 6) is 0.258. The van der Waals surface area contributed by atoms with E-state index in [0.29, 0.717) is 18.3 Å². The average Bonchev–Trinajstić information content (AvgIpc) is 3.06. The van der Waals surface area contributed by atoms with Gasteiger partial charge in [0, 0.05) is 31.9 Å². The molecule has 0 saturated carbocycles. The Morgan fingerprint density at radius 1 is 1.20 bits per heavy atom. The SMILES string of the molecule is COc1ccc(S(=O)(=O)N(C)CC(=O)NCCCN2c3ccccc3C[C@H]2C)cc1. The van der Waals surface area contributed by atoms with Crippen molar-refractivity contribution < 1.29 is 17.9 Å². The lowest BCUT2D eigenvalue weighted by molar-refractivity contribution is -0.121. The van der Waals surface area contributed by atoms with Crippen LogP contribution in [-0.4, -0.2) is 58.5 Å². The van der Waals surface area contributed by atoms with Crippen LogP contribution in [0.4, 0.5) is 5.69 Å². The number of hydrogen-bond acceptors (Lipinski definition) is 5. The highest BCUT2D eigenvalue weighted by Crippen LogP contribution is 2.31. The number of hydrogen-bond donors (Lipinski definition) is 1. The Bertz CT molecular complexity index is 976. The van der Waals surface area contributed by atoms with Crippen LogP contribution in [0, 0.1) is 0 Å². The molecule has 0 radical (unpaired) electrons. The van der Waals surface area contributed by atoms with Crippen molar-refractivity contribution >= 4 is 21.6 Å². The average molecular weight is 432 g/mol. The maximum Gasteiger partial charge on any atom is 0.243 e. The minimum Gasteiger partial charge on any atom is -0.497 e. The summed E-state index contributed by atoms with van der Waals surface area (Å²) in [6.45, 7) is 3.33. The standard InChI is InChI=1S/C22H29N3O4S/c1-17-15-18-7-4-5-8-21(18)25(17)14-6-13-23-22(26)16-24(2)30(27,28)20-11-9-19(29-3)10-12-20/h4-5,7-12,17H,6,13-16H2,1-3H3,(H,23,26)/t17-/m1/s1. The van der Waals surface area contributed by atoms with E-state index in [0.717, 1.165) is 23.7 Å². The second kappa shape index (κ2) is 9.49. The molecule has 30 heavy (non-hydrogen) atoms. The summed E-state index contributed by atoms with van der Waals surface area (Å²) in [7, 11) is -0.813. The molecule has 0 aliphatic carbocycles. The summed E-state index contributed by atoms with van der Waals surface area (Å²) in [4.78, 5) is 14.7. The van der Waals surface area contributed by atoms with Crippen molar-refractivity contribution in [3.8, 4) is 5.75 Å². The van der Waals surface area contributed by atoms with Gasteiger partial charge in [0.15, 0.2) is 0 Å². The third-order valence-electron chi connectivity index (χ3n) is 5.38. The lowest BCUT2D eigenvalue weighted by atomic mass is 10.1. The molecule has 0 bridgehead atoms. The van der Waals surface area contributed by atoms with Crippen LogP contribution in [0.5, 0.6) is 5.75 Å². The number of anilines is 1. The van der Waals surface area contributed by atoms with E-state index in [9.17, 15) is 13.2 Å². The minimum absolute atomic E-state index is 0.125. The number of nitrogens with one attached hydrogen (secondary N) is 1. The zero-order valence-corrected chi connectivity index (χ0v) is 18.5. The summed E-state index contributed by atoms with van der Waals surface area (Å²) >= 11 is 0. The monoisotopic (exact) mass is 431 g/mol. The largest absolute Gasteiger partial charge is 0.497 e. The van der Waals surface area contributed by atoms with Crippen LogP contribution in [0.1, 0.15) is 18.9 Å². The second-order valence-electron chi connectivity index (χ2n) is 7.52. The molecular formula is C22H29N3O4S. The Morgan fingerprint density at radius 3 is 2.60 bits per heavy atom. The maximum absolute atomic E-state index is 12.6. The molecule has 0 aromatic heterocycles. The molecule has 1 heterocycles.